The van der Waals surface area contributed by atoms with E-state index in [1.165, 1.54) is 13.2 Å². The van der Waals surface area contributed by atoms with Crippen molar-refractivity contribution in [2.75, 3.05) is 7.11 Å². The molecule has 0 aliphatic carbocycles. The Morgan fingerprint density at radius 1 is 1.60 bits per heavy atom. The largest absolute Gasteiger partial charge is 0.495 e. The molecular formula is C8H5BrClNO4. The minimum absolute atomic E-state index is 0.00252. The first-order chi connectivity index (χ1) is 6.97. The van der Waals surface area contributed by atoms with Crippen molar-refractivity contribution in [2.24, 2.45) is 0 Å². The van der Waals surface area contributed by atoms with Gasteiger partial charge in [-0.25, -0.2) is 0 Å². The summed E-state index contributed by atoms with van der Waals surface area (Å²) in [5.74, 6) is 0.188. The number of non-ortho nitro benzene ring substituents is 1. The number of ether oxygens (including phenoxy) is 1. The molecule has 1 aromatic rings. The molecule has 0 amide bonds. The van der Waals surface area contributed by atoms with E-state index in [0.717, 1.165) is 6.07 Å². The predicted octanol–water partition coefficient (Wildman–Crippen LogP) is 2.74. The summed E-state index contributed by atoms with van der Waals surface area (Å²) in [6, 6.07) is 2.29. The SMILES string of the molecule is COc1cc([N+](=O)[O-])cc(C(=O)Cl)c1Br. The van der Waals surface area contributed by atoms with Gasteiger partial charge in [0.1, 0.15) is 5.75 Å². The summed E-state index contributed by atoms with van der Waals surface area (Å²) in [7, 11) is 1.34. The number of nitro benzene ring substituents is 1. The van der Waals surface area contributed by atoms with Gasteiger partial charge < -0.3 is 4.74 Å². The zero-order valence-corrected chi connectivity index (χ0v) is 9.83. The third-order valence-electron chi connectivity index (χ3n) is 1.67. The van der Waals surface area contributed by atoms with Crippen LogP contribution in [0.25, 0.3) is 0 Å². The van der Waals surface area contributed by atoms with Crippen LogP contribution in [0.2, 0.25) is 0 Å². The number of carbonyl (C=O) groups excluding carboxylic acids is 1. The average Bonchev–Trinajstić information content (AvgIpc) is 2.17. The fourth-order valence-electron chi connectivity index (χ4n) is 0.980. The van der Waals surface area contributed by atoms with Gasteiger partial charge in [-0.15, -0.1) is 0 Å². The predicted molar refractivity (Wildman–Crippen MR) is 57.5 cm³/mol. The first-order valence-electron chi connectivity index (χ1n) is 3.69. The third kappa shape index (κ3) is 2.45. The van der Waals surface area contributed by atoms with Crippen molar-refractivity contribution in [3.8, 4) is 5.75 Å². The van der Waals surface area contributed by atoms with E-state index in [2.05, 4.69) is 15.9 Å². The second kappa shape index (κ2) is 4.59. The lowest BCUT2D eigenvalue weighted by Crippen LogP contribution is -1.98. The number of nitro groups is 1. The molecule has 0 unspecified atom stereocenters. The third-order valence-corrected chi connectivity index (χ3v) is 2.69. The lowest BCUT2D eigenvalue weighted by molar-refractivity contribution is -0.385. The molecule has 0 N–H and O–H groups in total. The van der Waals surface area contributed by atoms with Gasteiger partial charge in [0.05, 0.1) is 28.1 Å². The number of benzene rings is 1. The van der Waals surface area contributed by atoms with Crippen LogP contribution in [0.4, 0.5) is 5.69 Å². The Bertz CT molecular complexity index is 435. The zero-order valence-electron chi connectivity index (χ0n) is 7.49. The maximum absolute atomic E-state index is 11.0. The lowest BCUT2D eigenvalue weighted by atomic mass is 10.2. The highest BCUT2D eigenvalue weighted by Crippen LogP contribution is 2.33. The normalized spacial score (nSPS) is 9.80. The van der Waals surface area contributed by atoms with Gasteiger partial charge in [-0.05, 0) is 27.5 Å². The minimum Gasteiger partial charge on any atom is -0.495 e. The number of nitrogens with zero attached hydrogens (tertiary/aromatic N) is 1. The summed E-state index contributed by atoms with van der Waals surface area (Å²) in [6.45, 7) is 0. The highest BCUT2D eigenvalue weighted by atomic mass is 79.9. The molecule has 7 heteroatoms. The number of halogens is 2. The second-order valence-electron chi connectivity index (χ2n) is 2.54. The molecule has 0 fully saturated rings. The molecule has 15 heavy (non-hydrogen) atoms. The molecule has 0 saturated carbocycles. The molecule has 0 heterocycles. The average molecular weight is 294 g/mol. The van der Waals surface area contributed by atoms with E-state index in [1.807, 2.05) is 0 Å². The Morgan fingerprint density at radius 2 is 2.20 bits per heavy atom. The number of hydrogen-bond donors (Lipinski definition) is 0. The van der Waals surface area contributed by atoms with Crippen molar-refractivity contribution in [1.82, 2.24) is 0 Å². The Balaban J connectivity index is 3.45. The summed E-state index contributed by atoms with van der Waals surface area (Å²) < 4.78 is 5.17. The Morgan fingerprint density at radius 3 is 2.60 bits per heavy atom. The molecule has 5 nitrogen and oxygen atoms in total. The summed E-state index contributed by atoms with van der Waals surface area (Å²) in [5.41, 5.74) is -0.248. The second-order valence-corrected chi connectivity index (χ2v) is 3.68. The molecule has 1 rings (SSSR count). The first kappa shape index (κ1) is 11.9. The number of hydrogen-bond acceptors (Lipinski definition) is 4. The summed E-state index contributed by atoms with van der Waals surface area (Å²) in [5, 5.41) is 9.75. The van der Waals surface area contributed by atoms with Gasteiger partial charge in [0.25, 0.3) is 10.9 Å². The smallest absolute Gasteiger partial charge is 0.273 e. The number of rotatable bonds is 3. The minimum atomic E-state index is -0.788. The van der Waals surface area contributed by atoms with Gasteiger partial charge in [0.15, 0.2) is 0 Å². The molecule has 0 radical (unpaired) electrons. The van der Waals surface area contributed by atoms with Crippen molar-refractivity contribution in [3.63, 3.8) is 0 Å². The molecule has 0 spiro atoms. The van der Waals surface area contributed by atoms with Crippen LogP contribution in [-0.4, -0.2) is 17.3 Å². The van der Waals surface area contributed by atoms with Crippen LogP contribution in [0.3, 0.4) is 0 Å². The summed E-state index contributed by atoms with van der Waals surface area (Å²) >= 11 is 8.34. The van der Waals surface area contributed by atoms with Crippen molar-refractivity contribution in [2.45, 2.75) is 0 Å². The van der Waals surface area contributed by atoms with Crippen LogP contribution in [0.1, 0.15) is 10.4 Å². The molecule has 0 bridgehead atoms. The van der Waals surface area contributed by atoms with E-state index in [0.29, 0.717) is 4.47 Å². The van der Waals surface area contributed by atoms with Gasteiger partial charge in [-0.3, -0.25) is 14.9 Å². The number of carbonyl (C=O) groups is 1. The van der Waals surface area contributed by atoms with E-state index in [1.54, 1.807) is 0 Å². The fraction of sp³-hybridized carbons (Fsp3) is 0.125. The maximum atomic E-state index is 11.0. The topological polar surface area (TPSA) is 69.4 Å². The Kier molecular flexibility index (Phi) is 3.65. The van der Waals surface area contributed by atoms with E-state index in [-0.39, 0.29) is 17.0 Å². The van der Waals surface area contributed by atoms with Crippen molar-refractivity contribution < 1.29 is 14.5 Å². The zero-order chi connectivity index (χ0) is 11.6. The van der Waals surface area contributed by atoms with E-state index >= 15 is 0 Å². The van der Waals surface area contributed by atoms with E-state index in [9.17, 15) is 14.9 Å². The monoisotopic (exact) mass is 293 g/mol. The van der Waals surface area contributed by atoms with Gasteiger partial charge in [0, 0.05) is 6.07 Å². The van der Waals surface area contributed by atoms with Crippen LogP contribution in [0.5, 0.6) is 5.75 Å². The molecule has 0 atom stereocenters. The standard InChI is InChI=1S/C8H5BrClNO4/c1-15-6-3-4(11(13)14)2-5(7(6)9)8(10)12/h2-3H,1H3. The molecule has 1 aromatic carbocycles. The van der Waals surface area contributed by atoms with Crippen LogP contribution >= 0.6 is 27.5 Å². The lowest BCUT2D eigenvalue weighted by Gasteiger charge is -2.05. The van der Waals surface area contributed by atoms with Crippen LogP contribution in [0.15, 0.2) is 16.6 Å². The molecule has 0 saturated heterocycles. The Labute approximate surface area is 98.3 Å². The van der Waals surface area contributed by atoms with Gasteiger partial charge in [-0.2, -0.15) is 0 Å². The van der Waals surface area contributed by atoms with E-state index < -0.39 is 10.2 Å². The van der Waals surface area contributed by atoms with Gasteiger partial charge in [0.2, 0.25) is 0 Å². The van der Waals surface area contributed by atoms with E-state index in [4.69, 9.17) is 16.3 Å². The highest BCUT2D eigenvalue weighted by molar-refractivity contribution is 9.10. The first-order valence-corrected chi connectivity index (χ1v) is 4.86. The highest BCUT2D eigenvalue weighted by Gasteiger charge is 2.18. The Hall–Kier alpha value is -1.14. The number of methoxy groups -OCH3 is 1. The van der Waals surface area contributed by atoms with Crippen LogP contribution in [0, 0.1) is 10.1 Å². The van der Waals surface area contributed by atoms with Crippen molar-refractivity contribution in [1.29, 1.82) is 0 Å². The van der Waals surface area contributed by atoms with Gasteiger partial charge in [-0.1, -0.05) is 0 Å². The maximum Gasteiger partial charge on any atom is 0.273 e. The molecular weight excluding hydrogens is 289 g/mol. The van der Waals surface area contributed by atoms with Crippen molar-refractivity contribution in [3.05, 3.63) is 32.3 Å². The fourth-order valence-corrected chi connectivity index (χ4v) is 1.81. The quantitative estimate of drug-likeness (QED) is 0.488. The molecule has 80 valence electrons. The summed E-state index contributed by atoms with van der Waals surface area (Å²) in [4.78, 5) is 20.9. The van der Waals surface area contributed by atoms with Crippen LogP contribution < -0.4 is 4.74 Å². The summed E-state index contributed by atoms with van der Waals surface area (Å²) in [6.07, 6.45) is 0. The van der Waals surface area contributed by atoms with Crippen molar-refractivity contribution >= 4 is 38.5 Å². The molecule has 0 aliphatic heterocycles. The molecule has 0 aliphatic rings. The van der Waals surface area contributed by atoms with Crippen LogP contribution in [-0.2, 0) is 0 Å². The molecule has 0 aromatic heterocycles. The van der Waals surface area contributed by atoms with Gasteiger partial charge >= 0.3 is 0 Å².